The molecular weight excluding hydrogens is 180 g/mol. The molecule has 0 amide bonds. The predicted octanol–water partition coefficient (Wildman–Crippen LogP) is 1.34. The third-order valence-corrected chi connectivity index (χ3v) is 2.03. The van der Waals surface area contributed by atoms with Crippen LogP contribution in [0.15, 0.2) is 6.20 Å². The summed E-state index contributed by atoms with van der Waals surface area (Å²) in [6, 6.07) is 0. The van der Waals surface area contributed by atoms with Crippen LogP contribution in [-0.2, 0) is 23.7 Å². The molecule has 0 atom stereocenters. The summed E-state index contributed by atoms with van der Waals surface area (Å²) in [6.45, 7) is 6.15. The second-order valence-electron chi connectivity index (χ2n) is 4.48. The van der Waals surface area contributed by atoms with Crippen molar-refractivity contribution in [2.45, 2.75) is 32.6 Å². The maximum Gasteiger partial charge on any atom is 0.309 e. The van der Waals surface area contributed by atoms with E-state index in [1.165, 1.54) is 0 Å². The zero-order chi connectivity index (χ0) is 10.9. The Labute approximate surface area is 83.5 Å². The smallest absolute Gasteiger partial charge is 0.309 e. The van der Waals surface area contributed by atoms with E-state index in [9.17, 15) is 4.79 Å². The Morgan fingerprint density at radius 3 is 2.57 bits per heavy atom. The fourth-order valence-corrected chi connectivity index (χ4v) is 1.43. The first-order chi connectivity index (χ1) is 6.30. The van der Waals surface area contributed by atoms with Gasteiger partial charge in [-0.1, -0.05) is 20.8 Å². The largest absolute Gasteiger partial charge is 0.481 e. The molecule has 1 N–H and O–H groups in total. The fraction of sp³-hybridized carbons (Fsp3) is 0.600. The average molecular weight is 196 g/mol. The zero-order valence-corrected chi connectivity index (χ0v) is 9.03. The maximum atomic E-state index is 10.6. The number of hydrogen-bond acceptors (Lipinski definition) is 2. The molecule has 0 fully saturated rings. The molecule has 0 unspecified atom stereocenters. The second-order valence-corrected chi connectivity index (χ2v) is 4.48. The number of carboxylic acid groups (broad SMARTS) is 1. The predicted molar refractivity (Wildman–Crippen MR) is 53.2 cm³/mol. The lowest BCUT2D eigenvalue weighted by molar-refractivity contribution is -0.136. The molecule has 0 saturated carbocycles. The molecule has 1 aromatic rings. The van der Waals surface area contributed by atoms with Crippen LogP contribution in [0.4, 0.5) is 0 Å². The first kappa shape index (κ1) is 10.8. The van der Waals surface area contributed by atoms with Crippen LogP contribution in [0.1, 0.15) is 32.0 Å². The molecule has 0 spiro atoms. The van der Waals surface area contributed by atoms with Gasteiger partial charge < -0.3 is 5.11 Å². The minimum absolute atomic E-state index is 0.00650. The van der Waals surface area contributed by atoms with Gasteiger partial charge in [0.15, 0.2) is 0 Å². The van der Waals surface area contributed by atoms with E-state index in [-0.39, 0.29) is 11.8 Å². The van der Waals surface area contributed by atoms with E-state index < -0.39 is 5.97 Å². The van der Waals surface area contributed by atoms with E-state index in [4.69, 9.17) is 5.11 Å². The summed E-state index contributed by atoms with van der Waals surface area (Å²) in [5.41, 5.74) is 1.61. The Balaban J connectivity index is 3.09. The third-order valence-electron chi connectivity index (χ3n) is 2.03. The van der Waals surface area contributed by atoms with Crippen LogP contribution >= 0.6 is 0 Å². The van der Waals surface area contributed by atoms with Crippen molar-refractivity contribution in [3.05, 3.63) is 17.5 Å². The Kier molecular flexibility index (Phi) is 2.64. The number of aromatic nitrogens is 2. The van der Waals surface area contributed by atoms with Gasteiger partial charge in [-0.25, -0.2) is 0 Å². The molecule has 1 heterocycles. The number of nitrogens with zero attached hydrogens (tertiary/aromatic N) is 2. The molecule has 0 aliphatic heterocycles. The number of carbonyl (C=O) groups is 1. The molecule has 4 heteroatoms. The van der Waals surface area contributed by atoms with E-state index in [2.05, 4.69) is 25.9 Å². The highest BCUT2D eigenvalue weighted by Crippen LogP contribution is 2.25. The van der Waals surface area contributed by atoms with Gasteiger partial charge in [0.25, 0.3) is 0 Å². The van der Waals surface area contributed by atoms with Crippen molar-refractivity contribution >= 4 is 5.97 Å². The fourth-order valence-electron chi connectivity index (χ4n) is 1.43. The van der Waals surface area contributed by atoms with E-state index in [0.717, 1.165) is 5.56 Å². The van der Waals surface area contributed by atoms with E-state index in [1.54, 1.807) is 11.7 Å². The SMILES string of the molecule is Cn1cc(C(C)(C)C)c(CC(=O)O)n1. The molecule has 1 rings (SSSR count). The average Bonchev–Trinajstić information content (AvgIpc) is 2.28. The summed E-state index contributed by atoms with van der Waals surface area (Å²) in [5, 5.41) is 12.9. The van der Waals surface area contributed by atoms with E-state index >= 15 is 0 Å². The van der Waals surface area contributed by atoms with Crippen LogP contribution in [0.2, 0.25) is 0 Å². The minimum atomic E-state index is -0.839. The Morgan fingerprint density at radius 2 is 2.14 bits per heavy atom. The Hall–Kier alpha value is -1.32. The Bertz CT molecular complexity index is 347. The zero-order valence-electron chi connectivity index (χ0n) is 9.03. The number of rotatable bonds is 2. The highest BCUT2D eigenvalue weighted by molar-refractivity contribution is 5.70. The lowest BCUT2D eigenvalue weighted by Crippen LogP contribution is -2.14. The molecule has 0 aliphatic carbocycles. The van der Waals surface area contributed by atoms with E-state index in [1.807, 2.05) is 6.20 Å². The van der Waals surface area contributed by atoms with Gasteiger partial charge in [0.1, 0.15) is 0 Å². The first-order valence-corrected chi connectivity index (χ1v) is 4.55. The maximum absolute atomic E-state index is 10.6. The molecule has 78 valence electrons. The van der Waals surface area contributed by atoms with Gasteiger partial charge in [-0.05, 0) is 11.0 Å². The standard InChI is InChI=1S/C10H16N2O2/c1-10(2,3)7-6-12(4)11-8(7)5-9(13)14/h6H,5H2,1-4H3,(H,13,14). The summed E-state index contributed by atoms with van der Waals surface area (Å²) >= 11 is 0. The van der Waals surface area contributed by atoms with Gasteiger partial charge in [0, 0.05) is 13.2 Å². The van der Waals surface area contributed by atoms with Crippen LogP contribution < -0.4 is 0 Å². The van der Waals surface area contributed by atoms with Crippen molar-refractivity contribution in [3.63, 3.8) is 0 Å². The quantitative estimate of drug-likeness (QED) is 0.776. The van der Waals surface area contributed by atoms with Crippen molar-refractivity contribution in [1.29, 1.82) is 0 Å². The highest BCUT2D eigenvalue weighted by Gasteiger charge is 2.22. The number of hydrogen-bond donors (Lipinski definition) is 1. The molecule has 0 radical (unpaired) electrons. The van der Waals surface area contributed by atoms with Crippen LogP contribution in [0.3, 0.4) is 0 Å². The Morgan fingerprint density at radius 1 is 1.57 bits per heavy atom. The lowest BCUT2D eigenvalue weighted by atomic mass is 9.87. The van der Waals surface area contributed by atoms with Gasteiger partial charge in [-0.15, -0.1) is 0 Å². The molecule has 1 aromatic heterocycles. The van der Waals surface area contributed by atoms with Gasteiger partial charge >= 0.3 is 5.97 Å². The minimum Gasteiger partial charge on any atom is -0.481 e. The number of carboxylic acids is 1. The van der Waals surface area contributed by atoms with Gasteiger partial charge in [-0.3, -0.25) is 9.48 Å². The monoisotopic (exact) mass is 196 g/mol. The molecule has 0 aromatic carbocycles. The van der Waals surface area contributed by atoms with Crippen LogP contribution in [0.5, 0.6) is 0 Å². The van der Waals surface area contributed by atoms with Crippen molar-refractivity contribution in [2.75, 3.05) is 0 Å². The normalized spacial score (nSPS) is 11.7. The highest BCUT2D eigenvalue weighted by atomic mass is 16.4. The molecule has 0 aliphatic rings. The molecule has 14 heavy (non-hydrogen) atoms. The lowest BCUT2D eigenvalue weighted by Gasteiger charge is -2.17. The molecule has 4 nitrogen and oxygen atoms in total. The van der Waals surface area contributed by atoms with Crippen molar-refractivity contribution in [1.82, 2.24) is 9.78 Å². The van der Waals surface area contributed by atoms with Crippen molar-refractivity contribution < 1.29 is 9.90 Å². The van der Waals surface area contributed by atoms with E-state index in [0.29, 0.717) is 5.69 Å². The molecule has 0 bridgehead atoms. The number of aryl methyl sites for hydroxylation is 1. The van der Waals surface area contributed by atoms with Gasteiger partial charge in [-0.2, -0.15) is 5.10 Å². The summed E-state index contributed by atoms with van der Waals surface area (Å²) in [7, 11) is 1.81. The summed E-state index contributed by atoms with van der Waals surface area (Å²) in [6.07, 6.45) is 1.88. The summed E-state index contributed by atoms with van der Waals surface area (Å²) < 4.78 is 1.67. The second kappa shape index (κ2) is 3.44. The molecule has 0 saturated heterocycles. The van der Waals surface area contributed by atoms with Gasteiger partial charge in [0.2, 0.25) is 0 Å². The molecular formula is C10H16N2O2. The summed E-state index contributed by atoms with van der Waals surface area (Å²) in [5.74, 6) is -0.839. The topological polar surface area (TPSA) is 55.1 Å². The first-order valence-electron chi connectivity index (χ1n) is 4.55. The van der Waals surface area contributed by atoms with Crippen LogP contribution in [0, 0.1) is 0 Å². The third kappa shape index (κ3) is 2.34. The number of aliphatic carboxylic acids is 1. The van der Waals surface area contributed by atoms with Crippen molar-refractivity contribution in [2.24, 2.45) is 7.05 Å². The van der Waals surface area contributed by atoms with Crippen molar-refractivity contribution in [3.8, 4) is 0 Å². The summed E-state index contributed by atoms with van der Waals surface area (Å²) in [4.78, 5) is 10.6. The van der Waals surface area contributed by atoms with Crippen LogP contribution in [0.25, 0.3) is 0 Å². The van der Waals surface area contributed by atoms with Gasteiger partial charge in [0.05, 0.1) is 12.1 Å². The van der Waals surface area contributed by atoms with Crippen LogP contribution in [-0.4, -0.2) is 20.9 Å².